The standard InChI is InChI=1S/C74H144O17P2/c1-7-10-12-14-16-18-20-22-23-26-30-33-37-44-50-56-71(76)84-62-69(90-74(79)59-53-47-39-35-31-27-24-25-28-32-36-42-48-54-66(4)5)64-88-92(80,81)86-60-68(75)61-87-93(82,83)89-65-70(63-85-72(77)57-51-45-41-40-43-49-55-67(6)9-3)91-73(78)58-52-46-38-34-29-21-19-17-15-13-11-8-2/h66-70,75H,7-65H2,1-6H3,(H,80,81)(H,82,83)/t67?,68-,69-,70-/m1/s1. The highest BCUT2D eigenvalue weighted by molar-refractivity contribution is 7.47. The molecule has 0 aliphatic heterocycles. The van der Waals surface area contributed by atoms with Gasteiger partial charge in [0, 0.05) is 25.7 Å². The molecule has 3 N–H and O–H groups in total. The molecule has 93 heavy (non-hydrogen) atoms. The van der Waals surface area contributed by atoms with Crippen LogP contribution in [-0.2, 0) is 65.4 Å². The van der Waals surface area contributed by atoms with Crippen LogP contribution in [0.25, 0.3) is 0 Å². The van der Waals surface area contributed by atoms with Crippen LogP contribution in [0.1, 0.15) is 382 Å². The van der Waals surface area contributed by atoms with E-state index in [-0.39, 0.29) is 25.7 Å². The van der Waals surface area contributed by atoms with Crippen LogP contribution in [0.2, 0.25) is 0 Å². The zero-order valence-electron chi connectivity index (χ0n) is 60.6. The molecule has 19 heteroatoms. The van der Waals surface area contributed by atoms with E-state index in [0.717, 1.165) is 108 Å². The second-order valence-corrected chi connectivity index (χ2v) is 30.3. The number of esters is 4. The number of rotatable bonds is 73. The molecule has 552 valence electrons. The Hall–Kier alpha value is -1.94. The quantitative estimate of drug-likeness (QED) is 0.0222. The highest BCUT2D eigenvalue weighted by Crippen LogP contribution is 2.45. The summed E-state index contributed by atoms with van der Waals surface area (Å²) in [6.07, 6.45) is 52.6. The Morgan fingerprint density at radius 3 is 0.817 bits per heavy atom. The van der Waals surface area contributed by atoms with E-state index in [4.69, 9.17) is 37.0 Å². The van der Waals surface area contributed by atoms with E-state index in [1.54, 1.807) is 0 Å². The van der Waals surface area contributed by atoms with Crippen LogP contribution < -0.4 is 0 Å². The normalized spacial score (nSPS) is 14.3. The van der Waals surface area contributed by atoms with Gasteiger partial charge in [0.25, 0.3) is 0 Å². The molecule has 0 aliphatic rings. The Bertz CT molecular complexity index is 1810. The van der Waals surface area contributed by atoms with E-state index in [2.05, 4.69) is 41.5 Å². The van der Waals surface area contributed by atoms with Crippen molar-refractivity contribution >= 4 is 39.5 Å². The fraction of sp³-hybridized carbons (Fsp3) is 0.946. The van der Waals surface area contributed by atoms with E-state index in [9.17, 15) is 43.2 Å². The van der Waals surface area contributed by atoms with E-state index in [0.29, 0.717) is 25.7 Å². The van der Waals surface area contributed by atoms with Gasteiger partial charge in [-0.2, -0.15) is 0 Å². The third-order valence-electron chi connectivity index (χ3n) is 17.6. The van der Waals surface area contributed by atoms with E-state index in [1.165, 1.54) is 193 Å². The highest BCUT2D eigenvalue weighted by Gasteiger charge is 2.30. The second kappa shape index (κ2) is 66.0. The van der Waals surface area contributed by atoms with Gasteiger partial charge in [-0.05, 0) is 37.5 Å². The Balaban J connectivity index is 5.25. The van der Waals surface area contributed by atoms with E-state index in [1.807, 2.05) is 0 Å². The van der Waals surface area contributed by atoms with Gasteiger partial charge in [-0.3, -0.25) is 37.3 Å². The molecule has 0 radical (unpaired) electrons. The average Bonchev–Trinajstić information content (AvgIpc) is 2.30. The van der Waals surface area contributed by atoms with Crippen molar-refractivity contribution < 1.29 is 80.2 Å². The molecule has 0 saturated carbocycles. The molecule has 6 atom stereocenters. The van der Waals surface area contributed by atoms with Crippen molar-refractivity contribution in [3.63, 3.8) is 0 Å². The summed E-state index contributed by atoms with van der Waals surface area (Å²) in [5.41, 5.74) is 0. The molecular formula is C74H144O17P2. The summed E-state index contributed by atoms with van der Waals surface area (Å²) in [7, 11) is -9.91. The lowest BCUT2D eigenvalue weighted by Crippen LogP contribution is -2.30. The van der Waals surface area contributed by atoms with Crippen molar-refractivity contribution in [2.24, 2.45) is 11.8 Å². The minimum atomic E-state index is -4.96. The van der Waals surface area contributed by atoms with Gasteiger partial charge < -0.3 is 33.8 Å². The topological polar surface area (TPSA) is 237 Å². The molecule has 0 aromatic heterocycles. The summed E-state index contributed by atoms with van der Waals surface area (Å²) in [6, 6.07) is 0. The molecule has 17 nitrogen and oxygen atoms in total. The monoisotopic (exact) mass is 1370 g/mol. The molecule has 0 spiro atoms. The van der Waals surface area contributed by atoms with Gasteiger partial charge >= 0.3 is 39.5 Å². The number of hydrogen-bond acceptors (Lipinski definition) is 15. The first-order chi connectivity index (χ1) is 44.9. The first-order valence-corrected chi connectivity index (χ1v) is 41.5. The smallest absolute Gasteiger partial charge is 0.462 e. The Morgan fingerprint density at radius 2 is 0.548 bits per heavy atom. The molecule has 0 aliphatic carbocycles. The Labute approximate surface area is 568 Å². The fourth-order valence-corrected chi connectivity index (χ4v) is 12.8. The molecule has 0 rings (SSSR count). The van der Waals surface area contributed by atoms with Crippen LogP contribution in [0, 0.1) is 11.8 Å². The summed E-state index contributed by atoms with van der Waals surface area (Å²) in [5.74, 6) is -0.600. The number of hydrogen-bond donors (Lipinski definition) is 3. The number of ether oxygens (including phenoxy) is 4. The summed E-state index contributed by atoms with van der Waals surface area (Å²) in [6.45, 7) is 9.56. The lowest BCUT2D eigenvalue weighted by Gasteiger charge is -2.21. The third kappa shape index (κ3) is 67.0. The van der Waals surface area contributed by atoms with Crippen molar-refractivity contribution in [1.82, 2.24) is 0 Å². The predicted molar refractivity (Wildman–Crippen MR) is 377 cm³/mol. The first kappa shape index (κ1) is 91.1. The SMILES string of the molecule is CCCCCCCCCCCCCCCCCC(=O)OC[C@H](COP(=O)(O)OC[C@@H](O)COP(=O)(O)OC[C@@H](COC(=O)CCCCCCCCC(C)CC)OC(=O)CCCCCCCCCCCCCC)OC(=O)CCCCCCCCCCCCCCCC(C)C. The average molecular weight is 1370 g/mol. The maximum absolute atomic E-state index is 13.1. The van der Waals surface area contributed by atoms with Gasteiger partial charge in [-0.15, -0.1) is 0 Å². The summed E-state index contributed by atoms with van der Waals surface area (Å²) >= 11 is 0. The molecule has 0 amide bonds. The fourth-order valence-electron chi connectivity index (χ4n) is 11.3. The van der Waals surface area contributed by atoms with Crippen molar-refractivity contribution in [3.8, 4) is 0 Å². The van der Waals surface area contributed by atoms with Crippen LogP contribution in [0.5, 0.6) is 0 Å². The molecule has 0 heterocycles. The number of unbranched alkanes of at least 4 members (excludes halogenated alkanes) is 42. The van der Waals surface area contributed by atoms with Gasteiger partial charge in [0.1, 0.15) is 19.3 Å². The van der Waals surface area contributed by atoms with Crippen molar-refractivity contribution in [1.29, 1.82) is 0 Å². The first-order valence-electron chi connectivity index (χ1n) is 38.5. The summed E-state index contributed by atoms with van der Waals surface area (Å²) < 4.78 is 68.5. The van der Waals surface area contributed by atoms with Gasteiger partial charge in [0.15, 0.2) is 12.2 Å². The van der Waals surface area contributed by atoms with Crippen molar-refractivity contribution in [2.75, 3.05) is 39.6 Å². The maximum Gasteiger partial charge on any atom is 0.472 e. The molecular weight excluding hydrogens is 1220 g/mol. The van der Waals surface area contributed by atoms with Crippen LogP contribution >= 0.6 is 15.6 Å². The third-order valence-corrected chi connectivity index (χ3v) is 19.5. The number of phosphoric ester groups is 2. The highest BCUT2D eigenvalue weighted by atomic mass is 31.2. The molecule has 0 saturated heterocycles. The van der Waals surface area contributed by atoms with Crippen LogP contribution in [0.3, 0.4) is 0 Å². The summed E-state index contributed by atoms with van der Waals surface area (Å²) in [4.78, 5) is 72.7. The molecule has 3 unspecified atom stereocenters. The minimum Gasteiger partial charge on any atom is -0.462 e. The van der Waals surface area contributed by atoms with Crippen LogP contribution in [0.4, 0.5) is 0 Å². The largest absolute Gasteiger partial charge is 0.472 e. The van der Waals surface area contributed by atoms with Crippen molar-refractivity contribution in [3.05, 3.63) is 0 Å². The van der Waals surface area contributed by atoms with E-state index < -0.39 is 97.5 Å². The molecule has 0 fully saturated rings. The number of aliphatic hydroxyl groups excluding tert-OH is 1. The second-order valence-electron chi connectivity index (χ2n) is 27.4. The maximum atomic E-state index is 13.1. The molecule has 0 bridgehead atoms. The Kier molecular flexibility index (Phi) is 64.6. The number of phosphoric acid groups is 2. The van der Waals surface area contributed by atoms with Crippen LogP contribution in [-0.4, -0.2) is 96.7 Å². The predicted octanol–water partition coefficient (Wildman–Crippen LogP) is 21.6. The van der Waals surface area contributed by atoms with Gasteiger partial charge in [-0.1, -0.05) is 330 Å². The van der Waals surface area contributed by atoms with Gasteiger partial charge in [-0.25, -0.2) is 9.13 Å². The number of aliphatic hydroxyl groups is 1. The Morgan fingerprint density at radius 1 is 0.312 bits per heavy atom. The van der Waals surface area contributed by atoms with Gasteiger partial charge in [0.05, 0.1) is 26.4 Å². The zero-order valence-corrected chi connectivity index (χ0v) is 62.3. The van der Waals surface area contributed by atoms with E-state index >= 15 is 0 Å². The lowest BCUT2D eigenvalue weighted by molar-refractivity contribution is -0.161. The molecule has 0 aromatic carbocycles. The minimum absolute atomic E-state index is 0.106. The summed E-state index contributed by atoms with van der Waals surface area (Å²) in [5, 5.41) is 10.6. The van der Waals surface area contributed by atoms with Gasteiger partial charge in [0.2, 0.25) is 0 Å². The number of carbonyl (C=O) groups excluding carboxylic acids is 4. The number of carbonyl (C=O) groups is 4. The zero-order chi connectivity index (χ0) is 68.6. The molecule has 0 aromatic rings. The van der Waals surface area contributed by atoms with Crippen molar-refractivity contribution in [2.45, 2.75) is 400 Å². The van der Waals surface area contributed by atoms with Crippen LogP contribution in [0.15, 0.2) is 0 Å². The lowest BCUT2D eigenvalue weighted by atomic mass is 10.00.